The van der Waals surface area contributed by atoms with Gasteiger partial charge in [-0.25, -0.2) is 4.98 Å². The summed E-state index contributed by atoms with van der Waals surface area (Å²) in [4.78, 5) is 5.99. The third-order valence-corrected chi connectivity index (χ3v) is 4.55. The van der Waals surface area contributed by atoms with Crippen LogP contribution in [0.15, 0.2) is 18.5 Å². The van der Waals surface area contributed by atoms with Crippen LogP contribution in [-0.2, 0) is 12.7 Å². The molecule has 3 heterocycles. The molecule has 144 valence electrons. The van der Waals surface area contributed by atoms with Gasteiger partial charge < -0.3 is 15.1 Å². The Morgan fingerprint density at radius 2 is 2.19 bits per heavy atom. The number of hydrogen-bond donors (Lipinski definition) is 2. The number of aliphatic hydroxyl groups is 2. The van der Waals surface area contributed by atoms with E-state index in [4.69, 9.17) is 5.11 Å². The summed E-state index contributed by atoms with van der Waals surface area (Å²) in [5.74, 6) is 0.0178. The second kappa shape index (κ2) is 7.17. The molecule has 0 unspecified atom stereocenters. The van der Waals surface area contributed by atoms with Gasteiger partial charge in [0.25, 0.3) is 0 Å². The minimum absolute atomic E-state index is 0.00311. The molecule has 2 N–H and O–H groups in total. The monoisotopic (exact) mass is 381 g/mol. The number of anilines is 1. The van der Waals surface area contributed by atoms with E-state index in [0.29, 0.717) is 12.1 Å². The van der Waals surface area contributed by atoms with Crippen LogP contribution in [0.3, 0.4) is 0 Å². The number of halogens is 3. The maximum absolute atomic E-state index is 13.5. The first-order chi connectivity index (χ1) is 12.7. The number of rotatable bonds is 5. The number of alkyl halides is 3. The summed E-state index contributed by atoms with van der Waals surface area (Å²) < 4.78 is 41.9. The first-order valence-electron chi connectivity index (χ1n) is 8.35. The average molecular weight is 381 g/mol. The molecule has 27 heavy (non-hydrogen) atoms. The largest absolute Gasteiger partial charge is 0.417 e. The molecular formula is C17H18F3N5O2. The van der Waals surface area contributed by atoms with E-state index in [1.54, 1.807) is 11.0 Å². The highest BCUT2D eigenvalue weighted by Gasteiger charge is 2.38. The summed E-state index contributed by atoms with van der Waals surface area (Å²) >= 11 is 0. The molecule has 10 heteroatoms. The molecule has 0 bridgehead atoms. The van der Waals surface area contributed by atoms with Gasteiger partial charge in [0.1, 0.15) is 17.5 Å². The highest BCUT2D eigenvalue weighted by atomic mass is 19.4. The van der Waals surface area contributed by atoms with Crippen molar-refractivity contribution in [3.63, 3.8) is 0 Å². The molecule has 1 aliphatic rings. The zero-order valence-electron chi connectivity index (χ0n) is 14.5. The lowest BCUT2D eigenvalue weighted by Gasteiger charge is -2.40. The Hall–Kier alpha value is -2.64. The summed E-state index contributed by atoms with van der Waals surface area (Å²) in [5, 5.41) is 31.7. The van der Waals surface area contributed by atoms with Crippen LogP contribution in [-0.4, -0.2) is 50.3 Å². The number of pyridine rings is 1. The fraction of sp³-hybridized carbons (Fsp3) is 0.471. The van der Waals surface area contributed by atoms with Crippen LogP contribution in [0.1, 0.15) is 24.5 Å². The Morgan fingerprint density at radius 3 is 2.70 bits per heavy atom. The van der Waals surface area contributed by atoms with Crippen molar-refractivity contribution >= 4 is 5.82 Å². The Bertz CT molecular complexity index is 874. The zero-order valence-corrected chi connectivity index (χ0v) is 14.5. The normalized spacial score (nSPS) is 18.1. The van der Waals surface area contributed by atoms with Gasteiger partial charge in [0, 0.05) is 24.3 Å². The van der Waals surface area contributed by atoms with Gasteiger partial charge in [0.2, 0.25) is 0 Å². The van der Waals surface area contributed by atoms with Gasteiger partial charge in [-0.15, -0.1) is 0 Å². The van der Waals surface area contributed by atoms with Crippen molar-refractivity contribution in [2.75, 3.05) is 18.1 Å². The molecule has 1 aliphatic heterocycles. The molecule has 0 aromatic carbocycles. The summed E-state index contributed by atoms with van der Waals surface area (Å²) in [7, 11) is 0. The standard InChI is InChI=1S/C17H18F3N5O2/c1-10-2-3-25(10)16-13(5-21)14(17(18,19)20)4-15(23-16)11-6-22-24(7-11)8-12(27)9-26/h4,6-7,10,12,26-27H,2-3,8-9H2,1H3/t10-,12+/m0/s1. The molecule has 2 aromatic heterocycles. The van der Waals surface area contributed by atoms with Gasteiger partial charge in [-0.05, 0) is 19.4 Å². The van der Waals surface area contributed by atoms with E-state index in [9.17, 15) is 23.5 Å². The van der Waals surface area contributed by atoms with Crippen LogP contribution in [0.2, 0.25) is 0 Å². The Morgan fingerprint density at radius 1 is 1.44 bits per heavy atom. The Kier molecular flexibility index (Phi) is 5.08. The van der Waals surface area contributed by atoms with Gasteiger partial charge >= 0.3 is 6.18 Å². The first kappa shape index (κ1) is 19.1. The van der Waals surface area contributed by atoms with E-state index >= 15 is 0 Å². The third-order valence-electron chi connectivity index (χ3n) is 4.55. The van der Waals surface area contributed by atoms with Crippen molar-refractivity contribution in [3.8, 4) is 17.3 Å². The lowest BCUT2D eigenvalue weighted by atomic mass is 10.0. The molecule has 0 radical (unpaired) electrons. The molecule has 1 saturated heterocycles. The summed E-state index contributed by atoms with van der Waals surface area (Å²) in [6.45, 7) is 1.93. The first-order valence-corrected chi connectivity index (χ1v) is 8.35. The highest BCUT2D eigenvalue weighted by Crippen LogP contribution is 2.39. The number of hydrogen-bond acceptors (Lipinski definition) is 6. The van der Waals surface area contributed by atoms with Crippen LogP contribution in [0.4, 0.5) is 19.0 Å². The lowest BCUT2D eigenvalue weighted by Crippen LogP contribution is -2.46. The number of nitrogens with zero attached hydrogens (tertiary/aromatic N) is 5. The number of aliphatic hydroxyl groups excluding tert-OH is 2. The summed E-state index contributed by atoms with van der Waals surface area (Å²) in [6, 6.07) is 2.50. The lowest BCUT2D eigenvalue weighted by molar-refractivity contribution is -0.137. The third kappa shape index (κ3) is 3.74. The Labute approximate surface area is 153 Å². The van der Waals surface area contributed by atoms with E-state index in [-0.39, 0.29) is 24.1 Å². The molecule has 3 rings (SSSR count). The Balaban J connectivity index is 2.08. The molecule has 1 fully saturated rings. The summed E-state index contributed by atoms with van der Waals surface area (Å²) in [5.41, 5.74) is -1.15. The van der Waals surface area contributed by atoms with Crippen LogP contribution in [0.5, 0.6) is 0 Å². The maximum atomic E-state index is 13.5. The van der Waals surface area contributed by atoms with Crippen LogP contribution >= 0.6 is 0 Å². The average Bonchev–Trinajstić information content (AvgIpc) is 3.07. The smallest absolute Gasteiger partial charge is 0.394 e. The number of nitriles is 1. The van der Waals surface area contributed by atoms with Crippen molar-refractivity contribution in [3.05, 3.63) is 29.6 Å². The molecule has 0 saturated carbocycles. The predicted octanol–water partition coefficient (Wildman–Crippen LogP) is 1.79. The van der Waals surface area contributed by atoms with E-state index < -0.39 is 30.0 Å². The van der Waals surface area contributed by atoms with Crippen molar-refractivity contribution in [2.45, 2.75) is 38.2 Å². The molecule has 0 amide bonds. The zero-order chi connectivity index (χ0) is 19.8. The van der Waals surface area contributed by atoms with Gasteiger partial charge in [0.05, 0.1) is 36.7 Å². The fourth-order valence-electron chi connectivity index (χ4n) is 2.92. The van der Waals surface area contributed by atoms with Crippen LogP contribution in [0, 0.1) is 11.3 Å². The van der Waals surface area contributed by atoms with Gasteiger partial charge in [-0.1, -0.05) is 0 Å². The second-order valence-electron chi connectivity index (χ2n) is 6.48. The predicted molar refractivity (Wildman–Crippen MR) is 89.7 cm³/mol. The molecule has 7 nitrogen and oxygen atoms in total. The molecule has 0 spiro atoms. The topological polar surface area (TPSA) is 98.2 Å². The van der Waals surface area contributed by atoms with Crippen LogP contribution in [0.25, 0.3) is 11.3 Å². The van der Waals surface area contributed by atoms with Crippen LogP contribution < -0.4 is 4.90 Å². The van der Waals surface area contributed by atoms with E-state index in [0.717, 1.165) is 12.5 Å². The molecule has 2 atom stereocenters. The van der Waals surface area contributed by atoms with Gasteiger partial charge in [-0.2, -0.15) is 23.5 Å². The van der Waals surface area contributed by atoms with Crippen molar-refractivity contribution in [2.24, 2.45) is 0 Å². The molecule has 0 aliphatic carbocycles. The summed E-state index contributed by atoms with van der Waals surface area (Å²) in [6.07, 6.45) is -2.14. The molecular weight excluding hydrogens is 363 g/mol. The second-order valence-corrected chi connectivity index (χ2v) is 6.48. The quantitative estimate of drug-likeness (QED) is 0.819. The molecule has 2 aromatic rings. The fourth-order valence-corrected chi connectivity index (χ4v) is 2.92. The van der Waals surface area contributed by atoms with Crippen molar-refractivity contribution in [1.82, 2.24) is 14.8 Å². The van der Waals surface area contributed by atoms with Crippen molar-refractivity contribution in [1.29, 1.82) is 5.26 Å². The number of aromatic nitrogens is 3. The van der Waals surface area contributed by atoms with E-state index in [2.05, 4.69) is 10.1 Å². The van der Waals surface area contributed by atoms with Gasteiger partial charge in [-0.3, -0.25) is 4.68 Å². The van der Waals surface area contributed by atoms with E-state index in [1.807, 2.05) is 6.92 Å². The van der Waals surface area contributed by atoms with Crippen molar-refractivity contribution < 1.29 is 23.4 Å². The SMILES string of the molecule is C[C@H]1CCN1c1nc(-c2cnn(C[C@@H](O)CO)c2)cc(C(F)(F)F)c1C#N. The minimum atomic E-state index is -4.70. The maximum Gasteiger partial charge on any atom is 0.417 e. The van der Waals surface area contributed by atoms with Gasteiger partial charge in [0.15, 0.2) is 0 Å². The minimum Gasteiger partial charge on any atom is -0.394 e. The van der Waals surface area contributed by atoms with E-state index in [1.165, 1.54) is 17.1 Å². The highest BCUT2D eigenvalue weighted by molar-refractivity contribution is 5.68.